The van der Waals surface area contributed by atoms with Gasteiger partial charge in [0.15, 0.2) is 0 Å². The highest BCUT2D eigenvalue weighted by Crippen LogP contribution is 2.17. The van der Waals surface area contributed by atoms with Crippen LogP contribution in [0.2, 0.25) is 0 Å². The molecule has 0 fully saturated rings. The topological polar surface area (TPSA) is 43.4 Å². The minimum Gasteiger partial charge on any atom is -0.481 e. The number of rotatable bonds is 7. The van der Waals surface area contributed by atoms with E-state index in [0.717, 1.165) is 30.0 Å². The lowest BCUT2D eigenvalue weighted by atomic mass is 10.2. The monoisotopic (exact) mass is 272 g/mol. The molecule has 0 aliphatic rings. The lowest BCUT2D eigenvalue weighted by Crippen LogP contribution is -2.04. The maximum absolute atomic E-state index is 5.47. The van der Waals surface area contributed by atoms with Gasteiger partial charge in [0, 0.05) is 36.7 Å². The number of benzene rings is 1. The van der Waals surface area contributed by atoms with Crippen LogP contribution < -0.4 is 10.1 Å². The second-order valence-electron chi connectivity index (χ2n) is 4.36. The summed E-state index contributed by atoms with van der Waals surface area (Å²) >= 11 is 0. The van der Waals surface area contributed by atoms with Crippen LogP contribution in [-0.4, -0.2) is 18.7 Å². The molecule has 4 heteroatoms. The van der Waals surface area contributed by atoms with E-state index in [1.165, 1.54) is 0 Å². The quantitative estimate of drug-likeness (QED) is 0.840. The van der Waals surface area contributed by atoms with Crippen LogP contribution in [0, 0.1) is 0 Å². The third kappa shape index (κ3) is 3.96. The Hall–Kier alpha value is -2.07. The maximum Gasteiger partial charge on any atom is 0.212 e. The van der Waals surface area contributed by atoms with Crippen molar-refractivity contribution in [1.29, 1.82) is 0 Å². The number of methoxy groups -OCH3 is 1. The summed E-state index contributed by atoms with van der Waals surface area (Å²) in [4.78, 5) is 4.19. The van der Waals surface area contributed by atoms with Crippen molar-refractivity contribution in [3.8, 4) is 5.88 Å². The number of hydrogen-bond acceptors (Lipinski definition) is 4. The molecule has 0 unspecified atom stereocenters. The summed E-state index contributed by atoms with van der Waals surface area (Å²) in [6.07, 6.45) is 1.82. The molecule has 4 nitrogen and oxygen atoms in total. The highest BCUT2D eigenvalue weighted by atomic mass is 16.5. The lowest BCUT2D eigenvalue weighted by molar-refractivity contribution is 0.134. The predicted molar refractivity (Wildman–Crippen MR) is 79.9 cm³/mol. The van der Waals surface area contributed by atoms with Gasteiger partial charge in [-0.3, -0.25) is 0 Å². The van der Waals surface area contributed by atoms with E-state index in [2.05, 4.69) is 22.4 Å². The average molecular weight is 272 g/mol. The van der Waals surface area contributed by atoms with Crippen molar-refractivity contribution in [2.75, 3.05) is 19.0 Å². The molecule has 1 heterocycles. The molecule has 2 rings (SSSR count). The zero-order valence-corrected chi connectivity index (χ0v) is 11.9. The van der Waals surface area contributed by atoms with Gasteiger partial charge in [0.2, 0.25) is 5.88 Å². The van der Waals surface area contributed by atoms with E-state index in [1.807, 2.05) is 37.4 Å². The van der Waals surface area contributed by atoms with Gasteiger partial charge >= 0.3 is 0 Å². The van der Waals surface area contributed by atoms with Gasteiger partial charge in [-0.25, -0.2) is 4.98 Å². The van der Waals surface area contributed by atoms with Crippen LogP contribution >= 0.6 is 0 Å². The molecule has 0 saturated carbocycles. The Kier molecular flexibility index (Phi) is 5.38. The van der Waals surface area contributed by atoms with Crippen LogP contribution in [0.3, 0.4) is 0 Å². The number of ether oxygens (including phenoxy) is 2. The summed E-state index contributed by atoms with van der Waals surface area (Å²) in [7, 11) is 1.62. The number of nitrogens with zero attached hydrogens (tertiary/aromatic N) is 1. The third-order valence-electron chi connectivity index (χ3n) is 2.97. The van der Waals surface area contributed by atoms with Crippen LogP contribution in [0.15, 0.2) is 42.6 Å². The molecule has 106 valence electrons. The minimum atomic E-state index is 0.626. The minimum absolute atomic E-state index is 0.626. The van der Waals surface area contributed by atoms with Crippen molar-refractivity contribution >= 4 is 5.69 Å². The predicted octanol–water partition coefficient (Wildman–Crippen LogP) is 3.24. The fourth-order valence-electron chi connectivity index (χ4n) is 1.86. The number of para-hydroxylation sites is 1. The van der Waals surface area contributed by atoms with Gasteiger partial charge in [-0.05, 0) is 18.6 Å². The lowest BCUT2D eigenvalue weighted by Gasteiger charge is -2.12. The molecule has 1 aromatic heterocycles. The average Bonchev–Trinajstić information content (AvgIpc) is 2.52. The Morgan fingerprint density at radius 3 is 2.70 bits per heavy atom. The summed E-state index contributed by atoms with van der Waals surface area (Å²) in [6, 6.07) is 12.0. The zero-order valence-electron chi connectivity index (χ0n) is 11.9. The molecule has 0 aliphatic heterocycles. The Morgan fingerprint density at radius 1 is 1.15 bits per heavy atom. The first-order chi connectivity index (χ1) is 9.83. The maximum atomic E-state index is 5.47. The van der Waals surface area contributed by atoms with Gasteiger partial charge in [0.1, 0.15) is 0 Å². The summed E-state index contributed by atoms with van der Waals surface area (Å²) in [6.45, 7) is 4.07. The SMILES string of the molecule is CCOCc1ccccc1NCc1ccc(OC)nc1. The molecular weight excluding hydrogens is 252 g/mol. The highest BCUT2D eigenvalue weighted by Gasteiger charge is 2.02. The summed E-state index contributed by atoms with van der Waals surface area (Å²) in [5.74, 6) is 0.630. The van der Waals surface area contributed by atoms with Gasteiger partial charge in [0.25, 0.3) is 0 Å². The summed E-state index contributed by atoms with van der Waals surface area (Å²) in [5, 5.41) is 3.42. The molecule has 1 N–H and O–H groups in total. The number of aromatic nitrogens is 1. The van der Waals surface area contributed by atoms with Crippen LogP contribution in [-0.2, 0) is 17.9 Å². The normalized spacial score (nSPS) is 10.3. The van der Waals surface area contributed by atoms with E-state index in [-0.39, 0.29) is 0 Å². The van der Waals surface area contributed by atoms with Gasteiger partial charge in [0.05, 0.1) is 13.7 Å². The molecule has 0 radical (unpaired) electrons. The van der Waals surface area contributed by atoms with E-state index in [4.69, 9.17) is 9.47 Å². The number of nitrogens with one attached hydrogen (secondary N) is 1. The van der Waals surface area contributed by atoms with Crippen molar-refractivity contribution in [2.45, 2.75) is 20.1 Å². The molecule has 0 saturated heterocycles. The fraction of sp³-hybridized carbons (Fsp3) is 0.312. The Balaban J connectivity index is 1.98. The van der Waals surface area contributed by atoms with Gasteiger partial charge < -0.3 is 14.8 Å². The van der Waals surface area contributed by atoms with Crippen molar-refractivity contribution in [3.05, 3.63) is 53.7 Å². The zero-order chi connectivity index (χ0) is 14.2. The molecule has 20 heavy (non-hydrogen) atoms. The van der Waals surface area contributed by atoms with Crippen molar-refractivity contribution in [1.82, 2.24) is 4.98 Å². The number of hydrogen-bond donors (Lipinski definition) is 1. The van der Waals surface area contributed by atoms with Gasteiger partial charge in [-0.1, -0.05) is 24.3 Å². The van der Waals surface area contributed by atoms with Crippen LogP contribution in [0.4, 0.5) is 5.69 Å². The van der Waals surface area contributed by atoms with E-state index < -0.39 is 0 Å². The van der Waals surface area contributed by atoms with Crippen LogP contribution in [0.25, 0.3) is 0 Å². The molecular formula is C16H20N2O2. The fourth-order valence-corrected chi connectivity index (χ4v) is 1.86. The van der Waals surface area contributed by atoms with E-state index in [1.54, 1.807) is 7.11 Å². The first-order valence-electron chi connectivity index (χ1n) is 6.72. The number of pyridine rings is 1. The molecule has 2 aromatic rings. The number of anilines is 1. The van der Waals surface area contributed by atoms with Crippen molar-refractivity contribution < 1.29 is 9.47 Å². The summed E-state index contributed by atoms with van der Waals surface area (Å²) in [5.41, 5.74) is 3.37. The first-order valence-corrected chi connectivity index (χ1v) is 6.72. The van der Waals surface area contributed by atoms with E-state index in [9.17, 15) is 0 Å². The van der Waals surface area contributed by atoms with Crippen molar-refractivity contribution in [3.63, 3.8) is 0 Å². The van der Waals surface area contributed by atoms with Gasteiger partial charge in [-0.15, -0.1) is 0 Å². The second kappa shape index (κ2) is 7.50. The molecule has 0 bridgehead atoms. The smallest absolute Gasteiger partial charge is 0.212 e. The first kappa shape index (κ1) is 14.3. The molecule has 0 amide bonds. The largest absolute Gasteiger partial charge is 0.481 e. The van der Waals surface area contributed by atoms with Gasteiger partial charge in [-0.2, -0.15) is 0 Å². The standard InChI is InChI=1S/C16H20N2O2/c1-3-20-12-14-6-4-5-7-15(14)17-10-13-8-9-16(19-2)18-11-13/h4-9,11,17H,3,10,12H2,1-2H3. The molecule has 0 spiro atoms. The van der Waals surface area contributed by atoms with E-state index >= 15 is 0 Å². The molecule has 0 atom stereocenters. The third-order valence-corrected chi connectivity index (χ3v) is 2.97. The second-order valence-corrected chi connectivity index (χ2v) is 4.36. The van der Waals surface area contributed by atoms with E-state index in [0.29, 0.717) is 12.5 Å². The Labute approximate surface area is 119 Å². The molecule has 0 aliphatic carbocycles. The Bertz CT molecular complexity index is 526. The summed E-state index contributed by atoms with van der Waals surface area (Å²) < 4.78 is 10.5. The van der Waals surface area contributed by atoms with Crippen LogP contribution in [0.5, 0.6) is 5.88 Å². The van der Waals surface area contributed by atoms with Crippen LogP contribution in [0.1, 0.15) is 18.1 Å². The highest BCUT2D eigenvalue weighted by molar-refractivity contribution is 5.51. The van der Waals surface area contributed by atoms with Crippen molar-refractivity contribution in [2.24, 2.45) is 0 Å². The Morgan fingerprint density at radius 2 is 2.00 bits per heavy atom. The molecule has 1 aromatic carbocycles.